The summed E-state index contributed by atoms with van der Waals surface area (Å²) in [6.45, 7) is 3.40. The van der Waals surface area contributed by atoms with E-state index in [2.05, 4.69) is 32.2 Å². The van der Waals surface area contributed by atoms with E-state index in [-0.39, 0.29) is 12.2 Å². The number of hydrogen-bond acceptors (Lipinski definition) is 5. The van der Waals surface area contributed by atoms with Gasteiger partial charge in [0.05, 0.1) is 6.54 Å². The molecule has 1 aromatic heterocycles. The Labute approximate surface area is 145 Å². The van der Waals surface area contributed by atoms with Crippen LogP contribution in [-0.2, 0) is 6.54 Å². The second-order valence-electron chi connectivity index (χ2n) is 5.86. The van der Waals surface area contributed by atoms with E-state index in [1.54, 1.807) is 10.9 Å². The Kier molecular flexibility index (Phi) is 3.93. The predicted molar refractivity (Wildman–Crippen MR) is 97.4 cm³/mol. The Hall–Kier alpha value is -3.16. The molecule has 0 fully saturated rings. The summed E-state index contributed by atoms with van der Waals surface area (Å²) in [5.41, 5.74) is 7.30. The fraction of sp³-hybridized carbons (Fsp3) is 0.294. The average Bonchev–Trinajstić information content (AvgIpc) is 3.28. The van der Waals surface area contributed by atoms with Crippen molar-refractivity contribution in [3.05, 3.63) is 54.4 Å². The Bertz CT molecular complexity index is 822. The lowest BCUT2D eigenvalue weighted by atomic mass is 10.2. The van der Waals surface area contributed by atoms with Crippen molar-refractivity contribution in [2.45, 2.75) is 25.7 Å². The molecule has 128 valence electrons. The van der Waals surface area contributed by atoms with E-state index in [0.717, 1.165) is 18.1 Å². The Morgan fingerprint density at radius 3 is 2.80 bits per heavy atom. The second kappa shape index (κ2) is 6.39. The number of guanidine groups is 1. The molecule has 2 aromatic rings. The molecule has 2 atom stereocenters. The molecule has 3 heterocycles. The zero-order valence-corrected chi connectivity index (χ0v) is 13.9. The third-order valence-corrected chi connectivity index (χ3v) is 4.27. The minimum absolute atomic E-state index is 0.101. The van der Waals surface area contributed by atoms with Crippen molar-refractivity contribution in [1.29, 1.82) is 0 Å². The van der Waals surface area contributed by atoms with Crippen molar-refractivity contribution in [2.24, 2.45) is 20.7 Å². The minimum atomic E-state index is -0.241. The summed E-state index contributed by atoms with van der Waals surface area (Å²) >= 11 is 0. The molecule has 25 heavy (non-hydrogen) atoms. The molecule has 8 heteroatoms. The van der Waals surface area contributed by atoms with Gasteiger partial charge >= 0.3 is 0 Å². The lowest BCUT2D eigenvalue weighted by Gasteiger charge is -2.32. The smallest absolute Gasteiger partial charge is 0.224 e. The molecule has 2 aliphatic rings. The molecule has 2 aliphatic heterocycles. The first kappa shape index (κ1) is 15.4. The van der Waals surface area contributed by atoms with Crippen LogP contribution in [0.4, 0.5) is 0 Å². The number of aromatic nitrogens is 2. The van der Waals surface area contributed by atoms with Gasteiger partial charge in [0.1, 0.15) is 18.0 Å². The maximum atomic E-state index is 6.18. The maximum Gasteiger partial charge on any atom is 0.224 e. The number of amidine groups is 1. The van der Waals surface area contributed by atoms with Crippen LogP contribution in [0.3, 0.4) is 0 Å². The first-order chi connectivity index (χ1) is 12.3. The Morgan fingerprint density at radius 2 is 2.08 bits per heavy atom. The fourth-order valence-electron chi connectivity index (χ4n) is 3.05. The van der Waals surface area contributed by atoms with Crippen LogP contribution in [0.2, 0.25) is 0 Å². The Morgan fingerprint density at radius 1 is 1.24 bits per heavy atom. The molecule has 0 saturated heterocycles. The van der Waals surface area contributed by atoms with Gasteiger partial charge in [0.2, 0.25) is 11.9 Å². The zero-order valence-electron chi connectivity index (χ0n) is 13.9. The van der Waals surface area contributed by atoms with Crippen LogP contribution in [-0.4, -0.2) is 51.2 Å². The van der Waals surface area contributed by atoms with E-state index < -0.39 is 0 Å². The van der Waals surface area contributed by atoms with E-state index >= 15 is 0 Å². The number of nitrogens with one attached hydrogen (secondary N) is 1. The van der Waals surface area contributed by atoms with Crippen LogP contribution in [0.25, 0.3) is 0 Å². The highest BCUT2D eigenvalue weighted by atomic mass is 15.5. The van der Waals surface area contributed by atoms with Crippen molar-refractivity contribution in [1.82, 2.24) is 20.0 Å². The first-order valence-corrected chi connectivity index (χ1v) is 8.29. The van der Waals surface area contributed by atoms with Crippen LogP contribution in [0.1, 0.15) is 12.5 Å². The molecule has 0 bridgehead atoms. The molecule has 0 amide bonds. The highest BCUT2D eigenvalue weighted by Gasteiger charge is 2.41. The van der Waals surface area contributed by atoms with Gasteiger partial charge in [-0.3, -0.25) is 0 Å². The van der Waals surface area contributed by atoms with Gasteiger partial charge in [-0.25, -0.2) is 14.7 Å². The van der Waals surface area contributed by atoms with Gasteiger partial charge in [-0.2, -0.15) is 10.1 Å². The van der Waals surface area contributed by atoms with Crippen LogP contribution >= 0.6 is 0 Å². The fourth-order valence-corrected chi connectivity index (χ4v) is 3.05. The van der Waals surface area contributed by atoms with Crippen molar-refractivity contribution in [3.8, 4) is 0 Å². The van der Waals surface area contributed by atoms with E-state index in [0.29, 0.717) is 18.3 Å². The van der Waals surface area contributed by atoms with E-state index in [4.69, 9.17) is 10.7 Å². The van der Waals surface area contributed by atoms with Crippen LogP contribution in [0, 0.1) is 0 Å². The number of rotatable bonds is 3. The molecule has 0 saturated carbocycles. The molecule has 0 aliphatic carbocycles. The van der Waals surface area contributed by atoms with Crippen LogP contribution in [0.5, 0.6) is 0 Å². The quantitative estimate of drug-likeness (QED) is 0.859. The van der Waals surface area contributed by atoms with Crippen LogP contribution in [0.15, 0.2) is 63.8 Å². The predicted octanol–water partition coefficient (Wildman–Crippen LogP) is 0.634. The summed E-state index contributed by atoms with van der Waals surface area (Å²) in [5, 5.41) is 7.64. The SMILES string of the molecule is CCN1C(n2cccn2)=NC2C(N)=NC(=NCc3ccccc3)NC21. The highest BCUT2D eigenvalue weighted by Crippen LogP contribution is 2.20. The number of nitrogens with two attached hydrogens (primary N) is 1. The zero-order chi connectivity index (χ0) is 17.2. The standard InChI is InChI=1S/C17H20N8/c1-2-24-15-13(21-17(24)25-10-6-9-20-25)14(18)22-16(23-15)19-11-12-7-4-3-5-8-12/h3-10,13,15H,2,11H2,1H3,(H3,18,19,22,23). The van der Waals surface area contributed by atoms with Crippen molar-refractivity contribution in [3.63, 3.8) is 0 Å². The summed E-state index contributed by atoms with van der Waals surface area (Å²) in [5.74, 6) is 1.77. The van der Waals surface area contributed by atoms with Crippen molar-refractivity contribution < 1.29 is 0 Å². The number of likely N-dealkylation sites (N-methyl/N-ethyl adjacent to an activating group) is 1. The van der Waals surface area contributed by atoms with Gasteiger partial charge in [-0.15, -0.1) is 0 Å². The highest BCUT2D eigenvalue weighted by molar-refractivity contribution is 6.04. The molecule has 1 aromatic carbocycles. The summed E-state index contributed by atoms with van der Waals surface area (Å²) in [4.78, 5) is 15.8. The van der Waals surface area contributed by atoms with Crippen molar-refractivity contribution in [2.75, 3.05) is 6.54 Å². The number of nitrogens with zero attached hydrogens (tertiary/aromatic N) is 6. The molecule has 3 N–H and O–H groups in total. The molecule has 0 radical (unpaired) electrons. The molecule has 8 nitrogen and oxygen atoms in total. The third kappa shape index (κ3) is 2.86. The largest absolute Gasteiger partial charge is 0.385 e. The van der Waals surface area contributed by atoms with E-state index in [9.17, 15) is 0 Å². The molecule has 4 rings (SSSR count). The van der Waals surface area contributed by atoms with Crippen molar-refractivity contribution >= 4 is 17.8 Å². The monoisotopic (exact) mass is 336 g/mol. The minimum Gasteiger partial charge on any atom is -0.385 e. The van der Waals surface area contributed by atoms with Gasteiger partial charge in [-0.1, -0.05) is 30.3 Å². The summed E-state index contributed by atoms with van der Waals surface area (Å²) in [7, 11) is 0. The maximum absolute atomic E-state index is 6.18. The van der Waals surface area contributed by atoms with Gasteiger partial charge in [0, 0.05) is 18.9 Å². The Balaban J connectivity index is 1.57. The normalized spacial score (nSPS) is 23.9. The summed E-state index contributed by atoms with van der Waals surface area (Å²) in [6, 6.07) is 11.7. The van der Waals surface area contributed by atoms with Gasteiger partial charge in [-0.05, 0) is 18.6 Å². The average molecular weight is 336 g/mol. The number of hydrogen-bond donors (Lipinski definition) is 2. The lowest BCUT2D eigenvalue weighted by molar-refractivity contribution is 0.308. The molecule has 2 unspecified atom stereocenters. The van der Waals surface area contributed by atoms with Gasteiger partial charge in [0.15, 0.2) is 0 Å². The first-order valence-electron chi connectivity index (χ1n) is 8.29. The summed E-state index contributed by atoms with van der Waals surface area (Å²) < 4.78 is 1.75. The molecular weight excluding hydrogens is 316 g/mol. The number of fused-ring (bicyclic) bond motifs is 1. The third-order valence-electron chi connectivity index (χ3n) is 4.27. The topological polar surface area (TPSA) is 96.2 Å². The van der Waals surface area contributed by atoms with E-state index in [1.807, 2.05) is 42.6 Å². The number of aliphatic imine (C=N–C) groups is 3. The molecule has 0 spiro atoms. The van der Waals surface area contributed by atoms with Crippen LogP contribution < -0.4 is 11.1 Å². The van der Waals surface area contributed by atoms with Gasteiger partial charge < -0.3 is 16.0 Å². The van der Waals surface area contributed by atoms with Gasteiger partial charge in [0.25, 0.3) is 0 Å². The number of benzene rings is 1. The second-order valence-corrected chi connectivity index (χ2v) is 5.86. The lowest BCUT2D eigenvalue weighted by Crippen LogP contribution is -2.58. The summed E-state index contributed by atoms with van der Waals surface area (Å²) in [6.07, 6.45) is 3.50. The molecular formula is C17H20N8. The van der Waals surface area contributed by atoms with E-state index in [1.165, 1.54) is 0 Å².